The number of hydrogen-bond donors (Lipinski definition) is 1. The second kappa shape index (κ2) is 14.6. The first-order valence-electron chi connectivity index (χ1n) is 15.6. The topological polar surface area (TPSA) is 88.6 Å². The van der Waals surface area contributed by atoms with Crippen molar-refractivity contribution < 1.29 is 23.7 Å². The van der Waals surface area contributed by atoms with E-state index in [-0.39, 0.29) is 18.4 Å². The highest BCUT2D eigenvalue weighted by molar-refractivity contribution is 6.76. The van der Waals surface area contributed by atoms with Gasteiger partial charge in [-0.2, -0.15) is 0 Å². The molecule has 5 rings (SSSR count). The summed E-state index contributed by atoms with van der Waals surface area (Å²) in [5.74, 6) is 0.962. The molecule has 1 aromatic heterocycles. The first-order valence-corrected chi connectivity index (χ1v) is 19.3. The second-order valence-electron chi connectivity index (χ2n) is 12.7. The summed E-state index contributed by atoms with van der Waals surface area (Å²) in [6.45, 7) is 14.3. The van der Waals surface area contributed by atoms with E-state index in [1.54, 1.807) is 13.2 Å². The van der Waals surface area contributed by atoms with E-state index in [1.807, 2.05) is 36.4 Å². The van der Waals surface area contributed by atoms with E-state index in [0.29, 0.717) is 36.8 Å². The van der Waals surface area contributed by atoms with Gasteiger partial charge < -0.3 is 39.0 Å². The smallest absolute Gasteiger partial charge is 0.274 e. The minimum absolute atomic E-state index is 0.0889. The zero-order chi connectivity index (χ0) is 31.1. The first kappa shape index (κ1) is 32.0. The minimum Gasteiger partial charge on any atom is -0.497 e. The van der Waals surface area contributed by atoms with Crippen LogP contribution in [0.2, 0.25) is 25.7 Å². The number of hydrogen-bond acceptors (Lipinski definition) is 9. The van der Waals surface area contributed by atoms with Crippen LogP contribution < -0.4 is 24.6 Å². The Labute approximate surface area is 262 Å². The number of para-hydroxylation sites is 2. The third-order valence-corrected chi connectivity index (χ3v) is 9.86. The van der Waals surface area contributed by atoms with Crippen LogP contribution in [0, 0.1) is 0 Å². The van der Waals surface area contributed by atoms with Gasteiger partial charge in [-0.15, -0.1) is 0 Å². The Hall–Kier alpha value is -3.38. The first-order chi connectivity index (χ1) is 21.2. The number of carbonyl (C=O) groups is 1. The van der Waals surface area contributed by atoms with E-state index in [1.165, 1.54) is 0 Å². The number of ether oxygens (including phenoxy) is 4. The van der Waals surface area contributed by atoms with Crippen LogP contribution in [0.15, 0.2) is 42.5 Å². The highest BCUT2D eigenvalue weighted by atomic mass is 28.3. The van der Waals surface area contributed by atoms with E-state index in [4.69, 9.17) is 23.9 Å². The van der Waals surface area contributed by atoms with E-state index < -0.39 is 8.07 Å². The maximum Gasteiger partial charge on any atom is 0.274 e. The van der Waals surface area contributed by atoms with Gasteiger partial charge in [-0.1, -0.05) is 31.8 Å². The number of anilines is 3. The van der Waals surface area contributed by atoms with Crippen LogP contribution in [-0.4, -0.2) is 104 Å². The van der Waals surface area contributed by atoms with Gasteiger partial charge in [0.1, 0.15) is 17.2 Å². The van der Waals surface area contributed by atoms with Crippen LogP contribution in [0.5, 0.6) is 11.5 Å². The lowest BCUT2D eigenvalue weighted by atomic mass is 10.1. The normalized spacial score (nSPS) is 16.6. The molecule has 0 aliphatic carbocycles. The molecule has 0 spiro atoms. The zero-order valence-electron chi connectivity index (χ0n) is 26.9. The second-order valence-corrected chi connectivity index (χ2v) is 18.4. The highest BCUT2D eigenvalue weighted by Crippen LogP contribution is 2.37. The zero-order valence-corrected chi connectivity index (χ0v) is 27.9. The number of amides is 1. The number of nitrogens with zero attached hydrogens (tertiary/aromatic N) is 4. The van der Waals surface area contributed by atoms with Gasteiger partial charge in [-0.25, -0.2) is 4.98 Å². The summed E-state index contributed by atoms with van der Waals surface area (Å²) >= 11 is 0. The number of carbonyl (C=O) groups excluding carboxylic acids is 1. The van der Waals surface area contributed by atoms with E-state index in [2.05, 4.69) is 46.7 Å². The molecule has 0 saturated carbocycles. The molecule has 238 valence electrons. The number of rotatable bonds is 11. The predicted octanol–water partition coefficient (Wildman–Crippen LogP) is 5.17. The van der Waals surface area contributed by atoms with Gasteiger partial charge >= 0.3 is 0 Å². The average Bonchev–Trinajstić information content (AvgIpc) is 3.24. The molecule has 2 aliphatic heterocycles. The van der Waals surface area contributed by atoms with Gasteiger partial charge in [0.05, 0.1) is 42.9 Å². The van der Waals surface area contributed by atoms with Crippen molar-refractivity contribution in [3.8, 4) is 11.5 Å². The molecular formula is C33H47N5O5Si. The van der Waals surface area contributed by atoms with E-state index in [0.717, 1.165) is 74.2 Å². The number of pyridine rings is 1. The number of morpholine rings is 1. The minimum atomic E-state index is -1.24. The third kappa shape index (κ3) is 8.20. The predicted molar refractivity (Wildman–Crippen MR) is 180 cm³/mol. The lowest BCUT2D eigenvalue weighted by molar-refractivity contribution is 0.0229. The van der Waals surface area contributed by atoms with Crippen LogP contribution in [0.3, 0.4) is 0 Å². The number of likely N-dealkylation sites (N-methyl/N-ethyl adjacent to an activating group) is 1. The average molecular weight is 622 g/mol. The Balaban J connectivity index is 1.50. The molecule has 3 heterocycles. The number of fused-ring (bicyclic) bond motifs is 1. The molecule has 2 saturated heterocycles. The standard InChI is InChI=1S/C33H47N5O5Si/c1-36-11-8-12-37(14-13-36)30-22-25(40-2)21-26-31(43-24-42-19-20-44(3,4)5)23-28(34-32(26)30)33(39)35-27-9-6-7-10-29(27)38-15-17-41-18-16-38/h6-7,9-10,21-23H,8,11-20,24H2,1-5H3,(H,35,39). The Morgan fingerprint density at radius 3 is 2.52 bits per heavy atom. The Morgan fingerprint density at radius 1 is 0.977 bits per heavy atom. The summed E-state index contributed by atoms with van der Waals surface area (Å²) < 4.78 is 23.4. The van der Waals surface area contributed by atoms with E-state index in [9.17, 15) is 4.79 Å². The Morgan fingerprint density at radius 2 is 1.75 bits per heavy atom. The van der Waals surface area contributed by atoms with Crippen LogP contribution in [0.1, 0.15) is 16.9 Å². The lowest BCUT2D eigenvalue weighted by Crippen LogP contribution is -2.36. The van der Waals surface area contributed by atoms with Crippen molar-refractivity contribution in [1.82, 2.24) is 9.88 Å². The molecule has 0 bridgehead atoms. The number of nitrogens with one attached hydrogen (secondary N) is 1. The molecule has 2 fully saturated rings. The fourth-order valence-electron chi connectivity index (χ4n) is 5.52. The van der Waals surface area contributed by atoms with Crippen LogP contribution in [-0.2, 0) is 9.47 Å². The van der Waals surface area contributed by atoms with E-state index >= 15 is 0 Å². The van der Waals surface area contributed by atoms with Crippen molar-refractivity contribution in [3.63, 3.8) is 0 Å². The van der Waals surface area contributed by atoms with Gasteiger partial charge in [0, 0.05) is 64.9 Å². The fourth-order valence-corrected chi connectivity index (χ4v) is 6.28. The lowest BCUT2D eigenvalue weighted by Gasteiger charge is -2.30. The molecule has 0 radical (unpaired) electrons. The molecule has 44 heavy (non-hydrogen) atoms. The molecule has 0 unspecified atom stereocenters. The van der Waals surface area contributed by atoms with Gasteiger partial charge in [0.2, 0.25) is 0 Å². The molecule has 3 aromatic rings. The summed E-state index contributed by atoms with van der Waals surface area (Å²) in [7, 11) is 2.58. The van der Waals surface area contributed by atoms with Gasteiger partial charge in [-0.05, 0) is 44.3 Å². The Bertz CT molecular complexity index is 1430. The highest BCUT2D eigenvalue weighted by Gasteiger charge is 2.23. The van der Waals surface area contributed by atoms with Crippen molar-refractivity contribution in [2.24, 2.45) is 0 Å². The van der Waals surface area contributed by atoms with Crippen LogP contribution in [0.4, 0.5) is 17.1 Å². The van der Waals surface area contributed by atoms with Gasteiger partial charge in [-0.3, -0.25) is 4.79 Å². The number of benzene rings is 2. The fraction of sp³-hybridized carbons (Fsp3) is 0.515. The van der Waals surface area contributed by atoms with Crippen LogP contribution >= 0.6 is 0 Å². The largest absolute Gasteiger partial charge is 0.497 e. The summed E-state index contributed by atoms with van der Waals surface area (Å²) in [4.78, 5) is 25.8. The van der Waals surface area contributed by atoms with Crippen molar-refractivity contribution >= 4 is 41.9 Å². The van der Waals surface area contributed by atoms with Crippen molar-refractivity contribution in [2.75, 3.05) is 95.2 Å². The molecule has 10 nitrogen and oxygen atoms in total. The Kier molecular flexibility index (Phi) is 10.6. The maximum atomic E-state index is 13.9. The van der Waals surface area contributed by atoms with Gasteiger partial charge in [0.25, 0.3) is 5.91 Å². The molecule has 1 amide bonds. The molecule has 11 heteroatoms. The van der Waals surface area contributed by atoms with Crippen LogP contribution in [0.25, 0.3) is 10.9 Å². The summed E-state index contributed by atoms with van der Waals surface area (Å²) in [6.07, 6.45) is 1.03. The van der Waals surface area contributed by atoms with Crippen molar-refractivity contribution in [1.29, 1.82) is 0 Å². The maximum absolute atomic E-state index is 13.9. The van der Waals surface area contributed by atoms with Crippen molar-refractivity contribution in [2.45, 2.75) is 32.1 Å². The quantitative estimate of drug-likeness (QED) is 0.177. The summed E-state index contributed by atoms with van der Waals surface area (Å²) in [5.41, 5.74) is 3.63. The number of aromatic nitrogens is 1. The molecular weight excluding hydrogens is 574 g/mol. The van der Waals surface area contributed by atoms with Crippen molar-refractivity contribution in [3.05, 3.63) is 48.2 Å². The summed E-state index contributed by atoms with van der Waals surface area (Å²) in [5, 5.41) is 3.92. The summed E-state index contributed by atoms with van der Waals surface area (Å²) in [6, 6.07) is 14.6. The molecule has 2 aliphatic rings. The third-order valence-electron chi connectivity index (χ3n) is 8.16. The number of methoxy groups -OCH3 is 1. The monoisotopic (exact) mass is 621 g/mol. The SMILES string of the molecule is COc1cc(N2CCCN(C)CC2)c2nc(C(=O)Nc3ccccc3N3CCOCC3)cc(OCOCC[Si](C)(C)C)c2c1. The molecule has 2 aromatic carbocycles. The molecule has 0 atom stereocenters. The molecule has 1 N–H and O–H groups in total. The van der Waals surface area contributed by atoms with Gasteiger partial charge in [0.15, 0.2) is 6.79 Å².